The van der Waals surface area contributed by atoms with Crippen LogP contribution in [-0.2, 0) is 23.7 Å². The Morgan fingerprint density at radius 2 is 0.956 bits per heavy atom. The molecule has 0 spiro atoms. The van der Waals surface area contributed by atoms with Gasteiger partial charge in [0.2, 0.25) is 5.91 Å². The summed E-state index contributed by atoms with van der Waals surface area (Å²) in [5.41, 5.74) is 0. The fraction of sp³-hybridized carbons (Fsp3) is 0.944. The number of aliphatic hydroxyl groups is 8. The summed E-state index contributed by atoms with van der Waals surface area (Å²) in [4.78, 5) is 13.2. The second-order valence-electron chi connectivity index (χ2n) is 20.1. The van der Waals surface area contributed by atoms with Crippen molar-refractivity contribution in [3.8, 4) is 0 Å². The molecule has 402 valence electrons. The highest BCUT2D eigenvalue weighted by Crippen LogP contribution is 2.30. The van der Waals surface area contributed by atoms with Crippen molar-refractivity contribution in [3.05, 3.63) is 12.2 Å². The Morgan fingerprint density at radius 1 is 0.515 bits per heavy atom. The maximum atomic E-state index is 13.2. The normalized spacial score (nSPS) is 26.4. The summed E-state index contributed by atoms with van der Waals surface area (Å²) >= 11 is 0. The number of carbonyl (C=O) groups excluding carboxylic acids is 1. The second-order valence-corrected chi connectivity index (χ2v) is 20.1. The number of hydrogen-bond donors (Lipinski definition) is 9. The summed E-state index contributed by atoms with van der Waals surface area (Å²) in [5, 5.41) is 86.9. The zero-order chi connectivity index (χ0) is 49.6. The SMILES string of the molecule is CCC/C=C\CCCCCCCC(=O)NC(COC1OC(CO)C(OC2OC(CO)C(O)C(O)C2O)C(O)C1O)C(O)CCCCCCCCCCCCCCCCCCCCCCCCCC. The Labute approximate surface area is 412 Å². The zero-order valence-electron chi connectivity index (χ0n) is 42.9. The molecule has 2 heterocycles. The fourth-order valence-corrected chi connectivity index (χ4v) is 9.42. The van der Waals surface area contributed by atoms with Gasteiger partial charge in [-0.05, 0) is 32.1 Å². The molecule has 12 unspecified atom stereocenters. The van der Waals surface area contributed by atoms with E-state index in [-0.39, 0.29) is 12.5 Å². The third-order valence-electron chi connectivity index (χ3n) is 14.0. The lowest BCUT2D eigenvalue weighted by Gasteiger charge is -2.46. The van der Waals surface area contributed by atoms with E-state index in [0.29, 0.717) is 19.3 Å². The Bertz CT molecular complexity index is 1200. The third kappa shape index (κ3) is 27.5. The van der Waals surface area contributed by atoms with Gasteiger partial charge in [-0.15, -0.1) is 0 Å². The summed E-state index contributed by atoms with van der Waals surface area (Å²) in [6, 6.07) is -0.828. The van der Waals surface area contributed by atoms with Crippen molar-refractivity contribution in [1.82, 2.24) is 5.32 Å². The molecule has 0 aromatic heterocycles. The van der Waals surface area contributed by atoms with Crippen molar-refractivity contribution in [1.29, 1.82) is 0 Å². The van der Waals surface area contributed by atoms with E-state index in [4.69, 9.17) is 18.9 Å². The van der Waals surface area contributed by atoms with Crippen LogP contribution in [0.3, 0.4) is 0 Å². The van der Waals surface area contributed by atoms with E-state index in [2.05, 4.69) is 31.3 Å². The average molecular weight is 974 g/mol. The molecule has 1 amide bonds. The van der Waals surface area contributed by atoms with E-state index in [9.17, 15) is 45.6 Å². The topological polar surface area (TPSA) is 228 Å². The third-order valence-corrected chi connectivity index (χ3v) is 14.0. The molecule has 0 saturated carbocycles. The molecule has 2 fully saturated rings. The van der Waals surface area contributed by atoms with Crippen LogP contribution in [0.5, 0.6) is 0 Å². The van der Waals surface area contributed by atoms with Crippen LogP contribution >= 0.6 is 0 Å². The van der Waals surface area contributed by atoms with Gasteiger partial charge in [0.05, 0.1) is 32.0 Å². The number of nitrogens with one attached hydrogen (secondary N) is 1. The van der Waals surface area contributed by atoms with Gasteiger partial charge in [0.25, 0.3) is 0 Å². The maximum absolute atomic E-state index is 13.2. The van der Waals surface area contributed by atoms with Gasteiger partial charge >= 0.3 is 0 Å². The molecule has 68 heavy (non-hydrogen) atoms. The van der Waals surface area contributed by atoms with E-state index in [1.807, 2.05) is 0 Å². The largest absolute Gasteiger partial charge is 0.394 e. The Morgan fingerprint density at radius 3 is 1.46 bits per heavy atom. The Balaban J connectivity index is 1.72. The van der Waals surface area contributed by atoms with Gasteiger partial charge in [-0.2, -0.15) is 0 Å². The van der Waals surface area contributed by atoms with Gasteiger partial charge in [0.15, 0.2) is 12.6 Å². The molecule has 14 nitrogen and oxygen atoms in total. The molecule has 2 rings (SSSR count). The van der Waals surface area contributed by atoms with E-state index >= 15 is 0 Å². The first kappa shape index (κ1) is 62.8. The van der Waals surface area contributed by atoms with E-state index in [0.717, 1.165) is 70.6 Å². The average Bonchev–Trinajstić information content (AvgIpc) is 3.34. The van der Waals surface area contributed by atoms with Gasteiger partial charge in [0, 0.05) is 6.42 Å². The standard InChI is InChI=1S/C54H103NO13/c1-3-5-7-9-11-13-15-16-17-18-19-20-21-22-23-24-25-26-27-28-29-31-33-35-37-43(58)42(55-46(59)38-36-34-32-30-14-12-10-8-6-4-2)41-65-53-51(64)49(62)52(45(40-57)67-53)68-54-50(63)48(61)47(60)44(39-56)66-54/h8,10,42-45,47-54,56-58,60-64H,3-7,9,11-41H2,1-2H3,(H,55,59)/b10-8-. The number of amides is 1. The molecular weight excluding hydrogens is 871 g/mol. The first-order valence-corrected chi connectivity index (χ1v) is 27.9. The number of unbranched alkanes of at least 4 members (excludes halogenated alkanes) is 29. The van der Waals surface area contributed by atoms with Crippen LogP contribution in [0, 0.1) is 0 Å². The van der Waals surface area contributed by atoms with Crippen LogP contribution < -0.4 is 5.32 Å². The number of hydrogen-bond acceptors (Lipinski definition) is 13. The van der Waals surface area contributed by atoms with Crippen molar-refractivity contribution in [2.75, 3.05) is 19.8 Å². The van der Waals surface area contributed by atoms with Gasteiger partial charge in [-0.3, -0.25) is 4.79 Å². The van der Waals surface area contributed by atoms with Crippen molar-refractivity contribution in [2.45, 2.75) is 306 Å². The summed E-state index contributed by atoms with van der Waals surface area (Å²) in [6.45, 7) is 2.80. The summed E-state index contributed by atoms with van der Waals surface area (Å²) < 4.78 is 22.8. The molecule has 2 aliphatic heterocycles. The molecule has 0 bridgehead atoms. The van der Waals surface area contributed by atoms with Gasteiger partial charge in [-0.25, -0.2) is 0 Å². The van der Waals surface area contributed by atoms with E-state index in [1.165, 1.54) is 128 Å². The highest BCUT2D eigenvalue weighted by atomic mass is 16.7. The molecule has 2 aliphatic rings. The van der Waals surface area contributed by atoms with Crippen LogP contribution in [-0.4, -0.2) is 140 Å². The van der Waals surface area contributed by atoms with Gasteiger partial charge in [-0.1, -0.05) is 206 Å². The number of ether oxygens (including phenoxy) is 4. The Hall–Kier alpha value is -1.27. The highest BCUT2D eigenvalue weighted by molar-refractivity contribution is 5.76. The van der Waals surface area contributed by atoms with E-state index in [1.54, 1.807) is 0 Å². The lowest BCUT2D eigenvalue weighted by molar-refractivity contribution is -0.359. The van der Waals surface area contributed by atoms with E-state index < -0.39 is 86.8 Å². The summed E-state index contributed by atoms with van der Waals surface area (Å²) in [6.07, 6.45) is 28.1. The zero-order valence-corrected chi connectivity index (χ0v) is 42.9. The first-order chi connectivity index (χ1) is 33.1. The molecule has 0 aromatic rings. The molecule has 12 atom stereocenters. The van der Waals surface area contributed by atoms with Crippen molar-refractivity contribution < 1.29 is 64.6 Å². The predicted molar refractivity (Wildman–Crippen MR) is 268 cm³/mol. The molecule has 2 saturated heterocycles. The molecule has 0 aliphatic carbocycles. The number of allylic oxidation sites excluding steroid dienone is 2. The highest BCUT2D eigenvalue weighted by Gasteiger charge is 2.51. The Kier molecular flexibility index (Phi) is 38.1. The molecule has 14 heteroatoms. The van der Waals surface area contributed by atoms with Gasteiger partial charge in [0.1, 0.15) is 48.8 Å². The van der Waals surface area contributed by atoms with Crippen LogP contribution in [0.1, 0.15) is 232 Å². The predicted octanol–water partition coefficient (Wildman–Crippen LogP) is 8.33. The minimum absolute atomic E-state index is 0.217. The number of rotatable bonds is 44. The van der Waals surface area contributed by atoms with Crippen molar-refractivity contribution >= 4 is 5.91 Å². The maximum Gasteiger partial charge on any atom is 0.220 e. The summed E-state index contributed by atoms with van der Waals surface area (Å²) in [5.74, 6) is -0.217. The molecule has 0 aromatic carbocycles. The fourth-order valence-electron chi connectivity index (χ4n) is 9.42. The van der Waals surface area contributed by atoms with Crippen molar-refractivity contribution in [2.24, 2.45) is 0 Å². The number of aliphatic hydroxyl groups excluding tert-OH is 8. The molecule has 9 N–H and O–H groups in total. The van der Waals surface area contributed by atoms with Gasteiger partial charge < -0.3 is 65.1 Å². The quantitative estimate of drug-likeness (QED) is 0.0207. The molecule has 0 radical (unpaired) electrons. The van der Waals surface area contributed by atoms with Crippen molar-refractivity contribution in [3.63, 3.8) is 0 Å². The first-order valence-electron chi connectivity index (χ1n) is 27.9. The van der Waals surface area contributed by atoms with Crippen LogP contribution in [0.25, 0.3) is 0 Å². The van der Waals surface area contributed by atoms with Crippen LogP contribution in [0.2, 0.25) is 0 Å². The minimum Gasteiger partial charge on any atom is -0.394 e. The smallest absolute Gasteiger partial charge is 0.220 e. The monoisotopic (exact) mass is 974 g/mol. The van der Waals surface area contributed by atoms with Crippen LogP contribution in [0.4, 0.5) is 0 Å². The minimum atomic E-state index is -1.78. The number of carbonyl (C=O) groups is 1. The lowest BCUT2D eigenvalue weighted by atomic mass is 9.97. The second kappa shape index (κ2) is 41.2. The van der Waals surface area contributed by atoms with Crippen LogP contribution in [0.15, 0.2) is 12.2 Å². The lowest BCUT2D eigenvalue weighted by Crippen LogP contribution is -2.65. The summed E-state index contributed by atoms with van der Waals surface area (Å²) in [7, 11) is 0. The molecular formula is C54H103NO13.